The molecule has 1 fully saturated rings. The van der Waals surface area contributed by atoms with Gasteiger partial charge in [-0.1, -0.05) is 29.8 Å². The van der Waals surface area contributed by atoms with E-state index in [1.54, 1.807) is 12.1 Å². The van der Waals surface area contributed by atoms with Gasteiger partial charge in [-0.3, -0.25) is 9.58 Å². The quantitative estimate of drug-likeness (QED) is 0.438. The minimum Gasteiger partial charge on any atom is -0.494 e. The summed E-state index contributed by atoms with van der Waals surface area (Å²) >= 11 is 6.03. The van der Waals surface area contributed by atoms with Crippen LogP contribution in [0.2, 0.25) is 5.02 Å². The summed E-state index contributed by atoms with van der Waals surface area (Å²) in [6.45, 7) is 6.27. The molecule has 0 amide bonds. The van der Waals surface area contributed by atoms with Gasteiger partial charge in [0.1, 0.15) is 23.7 Å². The molecular weight excluding hydrogens is 454 g/mol. The van der Waals surface area contributed by atoms with Crippen LogP contribution in [-0.4, -0.2) is 64.9 Å². The molecule has 0 aliphatic carbocycles. The van der Waals surface area contributed by atoms with E-state index in [0.29, 0.717) is 37.1 Å². The predicted molar refractivity (Wildman–Crippen MR) is 132 cm³/mol. The zero-order chi connectivity index (χ0) is 23.8. The smallest absolute Gasteiger partial charge is 0.134 e. The van der Waals surface area contributed by atoms with Crippen LogP contribution in [0.4, 0.5) is 0 Å². The van der Waals surface area contributed by atoms with Crippen molar-refractivity contribution < 1.29 is 19.3 Å². The van der Waals surface area contributed by atoms with Crippen molar-refractivity contribution in [2.75, 3.05) is 39.5 Å². The third-order valence-electron chi connectivity index (χ3n) is 5.61. The maximum absolute atomic E-state index is 11.2. The summed E-state index contributed by atoms with van der Waals surface area (Å²) in [6.07, 6.45) is 4.78. The highest BCUT2D eigenvalue weighted by Gasteiger charge is 2.33. The van der Waals surface area contributed by atoms with E-state index in [1.807, 2.05) is 48.3 Å². The molecule has 0 bridgehead atoms. The Morgan fingerprint density at radius 1 is 1.15 bits per heavy atom. The highest BCUT2D eigenvalue weighted by Crippen LogP contribution is 2.22. The molecule has 0 radical (unpaired) electrons. The average molecular weight is 486 g/mol. The van der Waals surface area contributed by atoms with Gasteiger partial charge in [0.2, 0.25) is 0 Å². The fourth-order valence-electron chi connectivity index (χ4n) is 3.99. The molecule has 4 rings (SSSR count). The SMILES string of the molecule is Cc1cnn(CCCOc2cccc(CN3CCOC[C@@](O)(COc4cccc(Cl)c4)C3)c2)c1. The minimum absolute atomic E-state index is 0.128. The summed E-state index contributed by atoms with van der Waals surface area (Å²) in [6, 6.07) is 15.3. The van der Waals surface area contributed by atoms with Crippen molar-refractivity contribution in [1.29, 1.82) is 0 Å². The molecule has 0 unspecified atom stereocenters. The standard InChI is InChI=1S/C26H32ClN3O4/c1-21-15-28-30(16-21)9-4-11-33-24-7-2-5-22(13-24)17-29-10-12-32-19-26(31,18-29)20-34-25-8-3-6-23(27)14-25/h2-3,5-8,13-16,31H,4,9-12,17-20H2,1H3/t26-/m1/s1. The average Bonchev–Trinajstić information content (AvgIpc) is 3.14. The Labute approximate surface area is 205 Å². The number of benzene rings is 2. The monoisotopic (exact) mass is 485 g/mol. The molecule has 1 aliphatic rings. The van der Waals surface area contributed by atoms with Crippen LogP contribution in [0.3, 0.4) is 0 Å². The Bertz CT molecular complexity index is 1060. The third-order valence-corrected chi connectivity index (χ3v) is 5.85. The summed E-state index contributed by atoms with van der Waals surface area (Å²) in [4.78, 5) is 2.19. The first-order chi connectivity index (χ1) is 16.5. The van der Waals surface area contributed by atoms with Crippen LogP contribution in [0.5, 0.6) is 11.5 Å². The van der Waals surface area contributed by atoms with Gasteiger partial charge in [-0.05, 0) is 48.4 Å². The second-order valence-corrected chi connectivity index (χ2v) is 9.30. The van der Waals surface area contributed by atoms with Crippen LogP contribution in [0.1, 0.15) is 17.5 Å². The molecule has 0 spiro atoms. The van der Waals surface area contributed by atoms with E-state index in [2.05, 4.69) is 22.1 Å². The van der Waals surface area contributed by atoms with E-state index in [4.69, 9.17) is 25.8 Å². The molecule has 34 heavy (non-hydrogen) atoms. The molecule has 1 aliphatic heterocycles. The van der Waals surface area contributed by atoms with Gasteiger partial charge in [0, 0.05) is 43.8 Å². The number of hydrogen-bond donors (Lipinski definition) is 1. The summed E-state index contributed by atoms with van der Waals surface area (Å²) < 4.78 is 19.4. The molecule has 8 heteroatoms. The lowest BCUT2D eigenvalue weighted by Gasteiger charge is -2.30. The van der Waals surface area contributed by atoms with Crippen molar-refractivity contribution in [3.8, 4) is 11.5 Å². The Hall–Kier alpha value is -2.58. The maximum Gasteiger partial charge on any atom is 0.134 e. The van der Waals surface area contributed by atoms with Crippen LogP contribution in [0.15, 0.2) is 60.9 Å². The fraction of sp³-hybridized carbons (Fsp3) is 0.423. The highest BCUT2D eigenvalue weighted by atomic mass is 35.5. The predicted octanol–water partition coefficient (Wildman–Crippen LogP) is 3.96. The molecule has 182 valence electrons. The van der Waals surface area contributed by atoms with Crippen LogP contribution < -0.4 is 9.47 Å². The van der Waals surface area contributed by atoms with Gasteiger partial charge < -0.3 is 19.3 Å². The second-order valence-electron chi connectivity index (χ2n) is 8.86. The third kappa shape index (κ3) is 7.46. The van der Waals surface area contributed by atoms with Crippen LogP contribution in [0.25, 0.3) is 0 Å². The first-order valence-electron chi connectivity index (χ1n) is 11.6. The number of hydrogen-bond acceptors (Lipinski definition) is 6. The van der Waals surface area contributed by atoms with Gasteiger partial charge in [0.05, 0.1) is 26.0 Å². The lowest BCUT2D eigenvalue weighted by Crippen LogP contribution is -2.48. The zero-order valence-corrected chi connectivity index (χ0v) is 20.3. The van der Waals surface area contributed by atoms with E-state index in [-0.39, 0.29) is 13.2 Å². The molecular formula is C26H32ClN3O4. The van der Waals surface area contributed by atoms with Gasteiger partial charge in [0.15, 0.2) is 0 Å². The summed E-state index contributed by atoms with van der Waals surface area (Å²) in [5.74, 6) is 1.48. The molecule has 1 N–H and O–H groups in total. The molecule has 1 atom stereocenters. The van der Waals surface area contributed by atoms with Gasteiger partial charge in [0.25, 0.3) is 0 Å². The number of aliphatic hydroxyl groups is 1. The number of β-amino-alcohol motifs (C(OH)–C–C–N with tert-alkyl or cyclic N) is 1. The molecule has 1 saturated heterocycles. The molecule has 7 nitrogen and oxygen atoms in total. The van der Waals surface area contributed by atoms with Gasteiger partial charge in [-0.2, -0.15) is 5.10 Å². The summed E-state index contributed by atoms with van der Waals surface area (Å²) in [7, 11) is 0. The Morgan fingerprint density at radius 2 is 1.97 bits per heavy atom. The van der Waals surface area contributed by atoms with Crippen LogP contribution >= 0.6 is 11.6 Å². The number of aryl methyl sites for hydroxylation is 2. The normalized spacial score (nSPS) is 19.0. The van der Waals surface area contributed by atoms with Crippen LogP contribution in [0, 0.1) is 6.92 Å². The van der Waals surface area contributed by atoms with Crippen molar-refractivity contribution in [3.63, 3.8) is 0 Å². The van der Waals surface area contributed by atoms with E-state index in [0.717, 1.165) is 36.4 Å². The summed E-state index contributed by atoms with van der Waals surface area (Å²) in [5.41, 5.74) is 1.17. The molecule has 2 heterocycles. The van der Waals surface area contributed by atoms with E-state index in [9.17, 15) is 5.11 Å². The van der Waals surface area contributed by atoms with Crippen molar-refractivity contribution in [3.05, 3.63) is 77.1 Å². The molecule has 2 aromatic carbocycles. The van der Waals surface area contributed by atoms with Crippen LogP contribution in [-0.2, 0) is 17.8 Å². The van der Waals surface area contributed by atoms with E-state index < -0.39 is 5.60 Å². The Balaban J connectivity index is 1.28. The number of nitrogens with zero attached hydrogens (tertiary/aromatic N) is 3. The first kappa shape index (κ1) is 24.5. The number of halogens is 1. The molecule has 1 aromatic heterocycles. The lowest BCUT2D eigenvalue weighted by molar-refractivity contribution is -0.0646. The largest absolute Gasteiger partial charge is 0.494 e. The minimum atomic E-state index is -1.11. The summed E-state index contributed by atoms with van der Waals surface area (Å²) in [5, 5.41) is 16.1. The fourth-order valence-corrected chi connectivity index (χ4v) is 4.17. The lowest BCUT2D eigenvalue weighted by atomic mass is 10.1. The number of rotatable bonds is 10. The highest BCUT2D eigenvalue weighted by molar-refractivity contribution is 6.30. The van der Waals surface area contributed by atoms with Crippen molar-refractivity contribution >= 4 is 11.6 Å². The van der Waals surface area contributed by atoms with Gasteiger partial charge >= 0.3 is 0 Å². The van der Waals surface area contributed by atoms with Gasteiger partial charge in [-0.15, -0.1) is 0 Å². The van der Waals surface area contributed by atoms with E-state index in [1.165, 1.54) is 0 Å². The first-order valence-corrected chi connectivity index (χ1v) is 12.0. The Kier molecular flexibility index (Phi) is 8.45. The maximum atomic E-state index is 11.2. The van der Waals surface area contributed by atoms with Crippen molar-refractivity contribution in [2.45, 2.75) is 32.0 Å². The van der Waals surface area contributed by atoms with Crippen molar-refractivity contribution in [2.24, 2.45) is 0 Å². The molecule has 0 saturated carbocycles. The number of ether oxygens (including phenoxy) is 3. The van der Waals surface area contributed by atoms with Crippen molar-refractivity contribution in [1.82, 2.24) is 14.7 Å². The molecule has 3 aromatic rings. The van der Waals surface area contributed by atoms with E-state index >= 15 is 0 Å². The van der Waals surface area contributed by atoms with Gasteiger partial charge in [-0.25, -0.2) is 0 Å². The Morgan fingerprint density at radius 3 is 2.76 bits per heavy atom. The second kappa shape index (κ2) is 11.7. The zero-order valence-electron chi connectivity index (χ0n) is 19.5. The number of aromatic nitrogens is 2. The topological polar surface area (TPSA) is 69.0 Å².